The van der Waals surface area contributed by atoms with Crippen LogP contribution in [0.2, 0.25) is 0 Å². The Labute approximate surface area is 73.9 Å². The Kier molecular flexibility index (Phi) is 1.42. The van der Waals surface area contributed by atoms with Crippen molar-refractivity contribution in [1.29, 1.82) is 0 Å². The summed E-state index contributed by atoms with van der Waals surface area (Å²) in [5, 5.41) is 0. The maximum Gasteiger partial charge on any atom is 0.224 e. The maximum absolute atomic E-state index is 5.58. The van der Waals surface area contributed by atoms with Gasteiger partial charge in [0.15, 0.2) is 17.0 Å². The first-order valence-electron chi connectivity index (χ1n) is 3.60. The first kappa shape index (κ1) is 7.53. The van der Waals surface area contributed by atoms with E-state index in [0.29, 0.717) is 11.2 Å². The number of rotatable bonds is 1. The fourth-order valence-corrected chi connectivity index (χ4v) is 1.09. The lowest BCUT2D eigenvalue weighted by molar-refractivity contribution is 1.13. The van der Waals surface area contributed by atoms with Crippen molar-refractivity contribution in [2.45, 2.75) is 0 Å². The molecule has 66 valence electrons. The lowest BCUT2D eigenvalue weighted by atomic mass is 10.5. The number of nitrogens with zero attached hydrogens (tertiary/aromatic N) is 4. The molecule has 2 rings (SSSR count). The molecule has 2 aromatic rings. The maximum atomic E-state index is 5.58. The molecule has 0 radical (unpaired) electrons. The number of hydrogen-bond acceptors (Lipinski definition) is 5. The summed E-state index contributed by atoms with van der Waals surface area (Å²) in [5.41, 5.74) is 12.1. The molecule has 6 nitrogen and oxygen atoms in total. The van der Waals surface area contributed by atoms with Gasteiger partial charge in [-0.15, -0.1) is 0 Å². The smallest absolute Gasteiger partial charge is 0.224 e. The third kappa shape index (κ3) is 0.994. The Morgan fingerprint density at radius 1 is 1.38 bits per heavy atom. The SMILES string of the molecule is C=Cn1cnc2c(N)nc(N)nc21. The van der Waals surface area contributed by atoms with E-state index in [1.54, 1.807) is 17.1 Å². The van der Waals surface area contributed by atoms with Crippen LogP contribution in [0.4, 0.5) is 11.8 Å². The molecule has 13 heavy (non-hydrogen) atoms. The Balaban J connectivity index is 2.89. The number of nitrogens with two attached hydrogens (primary N) is 2. The van der Waals surface area contributed by atoms with E-state index < -0.39 is 0 Å². The zero-order valence-corrected chi connectivity index (χ0v) is 6.81. The highest BCUT2D eigenvalue weighted by atomic mass is 15.2. The van der Waals surface area contributed by atoms with E-state index in [1.165, 1.54) is 0 Å². The van der Waals surface area contributed by atoms with Crippen molar-refractivity contribution < 1.29 is 0 Å². The van der Waals surface area contributed by atoms with Crippen LogP contribution in [0.25, 0.3) is 17.4 Å². The average Bonchev–Trinajstić information content (AvgIpc) is 2.47. The van der Waals surface area contributed by atoms with Crippen LogP contribution in [0.1, 0.15) is 0 Å². The van der Waals surface area contributed by atoms with Gasteiger partial charge in [0.1, 0.15) is 6.33 Å². The number of imidazole rings is 1. The first-order valence-corrected chi connectivity index (χ1v) is 3.60. The molecule has 2 aromatic heterocycles. The summed E-state index contributed by atoms with van der Waals surface area (Å²) in [5.74, 6) is 0.414. The van der Waals surface area contributed by atoms with Gasteiger partial charge in [-0.05, 0) is 0 Å². The van der Waals surface area contributed by atoms with Crippen molar-refractivity contribution in [3.05, 3.63) is 12.9 Å². The Morgan fingerprint density at radius 2 is 2.15 bits per heavy atom. The Hall–Kier alpha value is -2.11. The van der Waals surface area contributed by atoms with Crippen LogP contribution in [-0.2, 0) is 0 Å². The number of aromatic nitrogens is 4. The molecule has 0 saturated heterocycles. The van der Waals surface area contributed by atoms with E-state index in [0.717, 1.165) is 0 Å². The van der Waals surface area contributed by atoms with Crippen molar-refractivity contribution >= 4 is 29.1 Å². The third-order valence-corrected chi connectivity index (χ3v) is 1.66. The summed E-state index contributed by atoms with van der Waals surface area (Å²) < 4.78 is 1.63. The predicted octanol–water partition coefficient (Wildman–Crippen LogP) is 0.0912. The summed E-state index contributed by atoms with van der Waals surface area (Å²) in [6, 6.07) is 0. The van der Waals surface area contributed by atoms with Crippen molar-refractivity contribution in [2.24, 2.45) is 0 Å². The van der Waals surface area contributed by atoms with Gasteiger partial charge in [-0.1, -0.05) is 6.58 Å². The molecule has 6 heteroatoms. The Bertz CT molecular complexity index is 471. The minimum Gasteiger partial charge on any atom is -0.382 e. The molecule has 0 spiro atoms. The summed E-state index contributed by atoms with van der Waals surface area (Å²) >= 11 is 0. The van der Waals surface area contributed by atoms with E-state index in [1.807, 2.05) is 0 Å². The molecule has 0 aliphatic carbocycles. The van der Waals surface area contributed by atoms with Crippen LogP contribution in [0.5, 0.6) is 0 Å². The molecule has 4 N–H and O–H groups in total. The lowest BCUT2D eigenvalue weighted by Gasteiger charge is -1.97. The topological polar surface area (TPSA) is 95.6 Å². The fourth-order valence-electron chi connectivity index (χ4n) is 1.09. The zero-order valence-electron chi connectivity index (χ0n) is 6.81. The second-order valence-electron chi connectivity index (χ2n) is 2.47. The fraction of sp³-hybridized carbons (Fsp3) is 0. The molecule has 0 aliphatic heterocycles. The van der Waals surface area contributed by atoms with E-state index in [9.17, 15) is 0 Å². The molecule has 0 unspecified atom stereocenters. The highest BCUT2D eigenvalue weighted by Gasteiger charge is 2.07. The summed E-state index contributed by atoms with van der Waals surface area (Å²) in [4.78, 5) is 11.8. The van der Waals surface area contributed by atoms with Crippen LogP contribution >= 0.6 is 0 Å². The van der Waals surface area contributed by atoms with Crippen molar-refractivity contribution in [2.75, 3.05) is 11.5 Å². The molecule has 2 heterocycles. The zero-order chi connectivity index (χ0) is 9.42. The average molecular weight is 176 g/mol. The number of anilines is 2. The van der Waals surface area contributed by atoms with Gasteiger partial charge in [-0.25, -0.2) is 4.98 Å². The van der Waals surface area contributed by atoms with Gasteiger partial charge in [-0.2, -0.15) is 9.97 Å². The van der Waals surface area contributed by atoms with E-state index in [4.69, 9.17) is 11.5 Å². The molecule has 0 bridgehead atoms. The van der Waals surface area contributed by atoms with E-state index in [-0.39, 0.29) is 11.8 Å². The predicted molar refractivity (Wildman–Crippen MR) is 50.5 cm³/mol. The summed E-state index contributed by atoms with van der Waals surface area (Å²) in [7, 11) is 0. The number of nitrogen functional groups attached to an aromatic ring is 2. The molecule has 0 amide bonds. The van der Waals surface area contributed by atoms with Crippen molar-refractivity contribution in [3.8, 4) is 0 Å². The highest BCUT2D eigenvalue weighted by Crippen LogP contribution is 2.16. The third-order valence-electron chi connectivity index (χ3n) is 1.66. The van der Waals surface area contributed by atoms with Gasteiger partial charge in [-0.3, -0.25) is 4.57 Å². The van der Waals surface area contributed by atoms with Crippen LogP contribution < -0.4 is 11.5 Å². The normalized spacial score (nSPS) is 10.5. The standard InChI is InChI=1S/C7H8N6/c1-2-13-3-10-4-5(8)11-7(9)12-6(4)13/h2-3H,1H2,(H4,8,9,11,12). The largest absolute Gasteiger partial charge is 0.382 e. The van der Waals surface area contributed by atoms with Gasteiger partial charge in [0.2, 0.25) is 5.95 Å². The van der Waals surface area contributed by atoms with Gasteiger partial charge in [0.05, 0.1) is 0 Å². The number of hydrogen-bond donors (Lipinski definition) is 2. The van der Waals surface area contributed by atoms with Gasteiger partial charge in [0, 0.05) is 6.20 Å². The Morgan fingerprint density at radius 3 is 2.85 bits per heavy atom. The molecule has 0 fully saturated rings. The monoisotopic (exact) mass is 176 g/mol. The van der Waals surface area contributed by atoms with Crippen LogP contribution in [-0.4, -0.2) is 19.5 Å². The summed E-state index contributed by atoms with van der Waals surface area (Å²) in [6.07, 6.45) is 3.13. The molecule has 0 saturated carbocycles. The van der Waals surface area contributed by atoms with Gasteiger partial charge in [0.25, 0.3) is 0 Å². The molecular formula is C7H8N6. The van der Waals surface area contributed by atoms with E-state index in [2.05, 4.69) is 21.5 Å². The second-order valence-corrected chi connectivity index (χ2v) is 2.47. The van der Waals surface area contributed by atoms with Crippen molar-refractivity contribution in [3.63, 3.8) is 0 Å². The van der Waals surface area contributed by atoms with Crippen molar-refractivity contribution in [1.82, 2.24) is 19.5 Å². The van der Waals surface area contributed by atoms with Crippen LogP contribution in [0.3, 0.4) is 0 Å². The molecule has 0 aromatic carbocycles. The number of fused-ring (bicyclic) bond motifs is 1. The quantitative estimate of drug-likeness (QED) is 0.642. The summed E-state index contributed by atoms with van der Waals surface area (Å²) in [6.45, 7) is 3.59. The minimum absolute atomic E-state index is 0.133. The molecule has 0 atom stereocenters. The highest BCUT2D eigenvalue weighted by molar-refractivity contribution is 5.83. The lowest BCUT2D eigenvalue weighted by Crippen LogP contribution is -2.01. The van der Waals surface area contributed by atoms with E-state index >= 15 is 0 Å². The molecular weight excluding hydrogens is 168 g/mol. The van der Waals surface area contributed by atoms with Crippen LogP contribution in [0.15, 0.2) is 12.9 Å². The first-order chi connectivity index (χ1) is 6.22. The second kappa shape index (κ2) is 2.44. The van der Waals surface area contributed by atoms with Gasteiger partial charge >= 0.3 is 0 Å². The molecule has 0 aliphatic rings. The van der Waals surface area contributed by atoms with Gasteiger partial charge < -0.3 is 11.5 Å². The minimum atomic E-state index is 0.133. The van der Waals surface area contributed by atoms with Crippen LogP contribution in [0, 0.1) is 0 Å².